The smallest absolute Gasteiger partial charge is 0.231 e. The second-order valence-corrected chi connectivity index (χ2v) is 8.00. The lowest BCUT2D eigenvalue weighted by Gasteiger charge is -2.20. The van der Waals surface area contributed by atoms with Gasteiger partial charge in [-0.2, -0.15) is 0 Å². The van der Waals surface area contributed by atoms with Crippen molar-refractivity contribution < 1.29 is 14.3 Å². The Labute approximate surface area is 195 Å². The van der Waals surface area contributed by atoms with Gasteiger partial charge in [0.25, 0.3) is 0 Å². The minimum absolute atomic E-state index is 0.104. The first-order chi connectivity index (χ1) is 16.0. The fourth-order valence-corrected chi connectivity index (χ4v) is 3.96. The van der Waals surface area contributed by atoms with Crippen molar-refractivity contribution >= 4 is 23.6 Å². The van der Waals surface area contributed by atoms with Crippen LogP contribution in [0.5, 0.6) is 11.5 Å². The van der Waals surface area contributed by atoms with Crippen LogP contribution in [0, 0.1) is 6.92 Å². The maximum atomic E-state index is 12.9. The van der Waals surface area contributed by atoms with Crippen LogP contribution < -0.4 is 14.4 Å². The lowest BCUT2D eigenvalue weighted by molar-refractivity contribution is 0.101. The van der Waals surface area contributed by atoms with E-state index in [0.717, 1.165) is 35.3 Å². The number of nitrogens with zero attached hydrogens (tertiary/aromatic N) is 1. The highest BCUT2D eigenvalue weighted by Gasteiger charge is 2.30. The number of carbonyl (C=O) groups excluding carboxylic acids is 1. The molecule has 0 saturated carbocycles. The summed E-state index contributed by atoms with van der Waals surface area (Å²) < 4.78 is 12.0. The van der Waals surface area contributed by atoms with Crippen LogP contribution in [-0.2, 0) is 6.61 Å². The summed E-state index contributed by atoms with van der Waals surface area (Å²) in [5, 5.41) is 0. The molecule has 1 aliphatic heterocycles. The molecule has 3 aromatic carbocycles. The standard InChI is InChI=1S/C29H29NO3/c1-5-21-8-10-23(11-9-21)19-32-26-17-16-25-28(31)27(33-29(25)20(26)4)18-22-12-14-24(15-13-22)30(6-2)7-3/h5,8-18H,1,6-7,19H2,2-4H3/b27-18-. The summed E-state index contributed by atoms with van der Waals surface area (Å²) in [6, 6.07) is 19.9. The van der Waals surface area contributed by atoms with E-state index in [0.29, 0.717) is 29.4 Å². The Morgan fingerprint density at radius 1 is 0.939 bits per heavy atom. The summed E-state index contributed by atoms with van der Waals surface area (Å²) in [4.78, 5) is 15.2. The third kappa shape index (κ3) is 4.70. The molecule has 4 rings (SSSR count). The van der Waals surface area contributed by atoms with Gasteiger partial charge in [-0.15, -0.1) is 0 Å². The van der Waals surface area contributed by atoms with Crippen molar-refractivity contribution in [3.05, 3.63) is 101 Å². The van der Waals surface area contributed by atoms with Crippen molar-refractivity contribution in [3.8, 4) is 11.5 Å². The molecule has 0 N–H and O–H groups in total. The van der Waals surface area contributed by atoms with Crippen molar-refractivity contribution in [1.82, 2.24) is 0 Å². The summed E-state index contributed by atoms with van der Waals surface area (Å²) in [6.45, 7) is 12.3. The molecule has 0 saturated heterocycles. The summed E-state index contributed by atoms with van der Waals surface area (Å²) >= 11 is 0. The highest BCUT2D eigenvalue weighted by Crippen LogP contribution is 2.39. The Morgan fingerprint density at radius 3 is 2.24 bits per heavy atom. The number of Topliss-reactive ketones (excluding diaryl/α,β-unsaturated/α-hetero) is 1. The fraction of sp³-hybridized carbons (Fsp3) is 0.207. The maximum absolute atomic E-state index is 12.9. The number of benzene rings is 3. The fourth-order valence-electron chi connectivity index (χ4n) is 3.96. The summed E-state index contributed by atoms with van der Waals surface area (Å²) in [5.74, 6) is 1.51. The maximum Gasteiger partial charge on any atom is 0.231 e. The first-order valence-corrected chi connectivity index (χ1v) is 11.3. The van der Waals surface area contributed by atoms with Crippen LogP contribution in [0.1, 0.15) is 46.5 Å². The van der Waals surface area contributed by atoms with Gasteiger partial charge in [0, 0.05) is 24.3 Å². The van der Waals surface area contributed by atoms with Gasteiger partial charge in [0.2, 0.25) is 5.78 Å². The van der Waals surface area contributed by atoms with Crippen molar-refractivity contribution in [2.45, 2.75) is 27.4 Å². The van der Waals surface area contributed by atoms with Gasteiger partial charge in [0.1, 0.15) is 18.1 Å². The molecule has 4 nitrogen and oxygen atoms in total. The number of allylic oxidation sites excluding steroid dienone is 1. The minimum Gasteiger partial charge on any atom is -0.488 e. The summed E-state index contributed by atoms with van der Waals surface area (Å²) in [7, 11) is 0. The molecule has 3 aromatic rings. The van der Waals surface area contributed by atoms with Gasteiger partial charge in [-0.05, 0) is 67.8 Å². The van der Waals surface area contributed by atoms with Gasteiger partial charge < -0.3 is 14.4 Å². The molecule has 0 unspecified atom stereocenters. The monoisotopic (exact) mass is 439 g/mol. The Kier molecular flexibility index (Phi) is 6.64. The average Bonchev–Trinajstić information content (AvgIpc) is 3.16. The molecule has 0 radical (unpaired) electrons. The molecular weight excluding hydrogens is 410 g/mol. The normalized spacial score (nSPS) is 13.5. The lowest BCUT2D eigenvalue weighted by Crippen LogP contribution is -2.21. The molecule has 0 aromatic heterocycles. The number of anilines is 1. The van der Waals surface area contributed by atoms with E-state index in [2.05, 4.69) is 37.5 Å². The minimum atomic E-state index is -0.104. The molecular formula is C29H29NO3. The topological polar surface area (TPSA) is 38.8 Å². The van der Waals surface area contributed by atoms with Crippen LogP contribution in [0.3, 0.4) is 0 Å². The molecule has 0 amide bonds. The predicted molar refractivity (Wildman–Crippen MR) is 135 cm³/mol. The third-order valence-corrected chi connectivity index (χ3v) is 5.97. The van der Waals surface area contributed by atoms with Gasteiger partial charge >= 0.3 is 0 Å². The van der Waals surface area contributed by atoms with Crippen LogP contribution >= 0.6 is 0 Å². The predicted octanol–water partition coefficient (Wildman–Crippen LogP) is 6.68. The van der Waals surface area contributed by atoms with Crippen molar-refractivity contribution in [2.75, 3.05) is 18.0 Å². The SMILES string of the molecule is C=Cc1ccc(COc2ccc3c(c2C)O/C(=C\c2ccc(N(CC)CC)cc2)C3=O)cc1. The number of fused-ring (bicyclic) bond motifs is 1. The first-order valence-electron chi connectivity index (χ1n) is 11.3. The van der Waals surface area contributed by atoms with Crippen LogP contribution in [0.4, 0.5) is 5.69 Å². The number of carbonyl (C=O) groups is 1. The third-order valence-electron chi connectivity index (χ3n) is 5.97. The van der Waals surface area contributed by atoms with Gasteiger partial charge in [0.05, 0.1) is 5.56 Å². The Hall–Kier alpha value is -3.79. The van der Waals surface area contributed by atoms with E-state index in [1.165, 1.54) is 5.69 Å². The van der Waals surface area contributed by atoms with Crippen LogP contribution in [0.25, 0.3) is 12.2 Å². The van der Waals surface area contributed by atoms with Gasteiger partial charge in [-0.1, -0.05) is 49.1 Å². The molecule has 33 heavy (non-hydrogen) atoms. The number of hydrogen-bond donors (Lipinski definition) is 0. The molecule has 168 valence electrons. The average molecular weight is 440 g/mol. The molecule has 0 bridgehead atoms. The number of hydrogen-bond acceptors (Lipinski definition) is 4. The quantitative estimate of drug-likeness (QED) is 0.367. The zero-order valence-electron chi connectivity index (χ0n) is 19.4. The van der Waals surface area contributed by atoms with E-state index in [1.54, 1.807) is 12.1 Å². The Morgan fingerprint density at radius 2 is 1.61 bits per heavy atom. The second kappa shape index (κ2) is 9.78. The zero-order valence-corrected chi connectivity index (χ0v) is 19.4. The van der Waals surface area contributed by atoms with E-state index in [4.69, 9.17) is 9.47 Å². The molecule has 1 heterocycles. The van der Waals surface area contributed by atoms with Gasteiger partial charge in [0.15, 0.2) is 5.76 Å². The van der Waals surface area contributed by atoms with E-state index in [-0.39, 0.29) is 5.78 Å². The number of ether oxygens (including phenoxy) is 2. The largest absolute Gasteiger partial charge is 0.488 e. The first kappa shape index (κ1) is 22.4. The highest BCUT2D eigenvalue weighted by molar-refractivity contribution is 6.15. The van der Waals surface area contributed by atoms with Crippen LogP contribution in [-0.4, -0.2) is 18.9 Å². The summed E-state index contributed by atoms with van der Waals surface area (Å²) in [6.07, 6.45) is 3.61. The van der Waals surface area contributed by atoms with E-state index < -0.39 is 0 Å². The molecule has 0 aliphatic carbocycles. The van der Waals surface area contributed by atoms with Crippen molar-refractivity contribution in [1.29, 1.82) is 0 Å². The van der Waals surface area contributed by atoms with E-state index in [9.17, 15) is 4.79 Å². The van der Waals surface area contributed by atoms with Gasteiger partial charge in [-0.3, -0.25) is 4.79 Å². The Balaban J connectivity index is 1.50. The number of rotatable bonds is 8. The zero-order chi connectivity index (χ0) is 23.4. The van der Waals surface area contributed by atoms with Crippen LogP contribution in [0.2, 0.25) is 0 Å². The molecule has 0 fully saturated rings. The molecule has 0 atom stereocenters. The van der Waals surface area contributed by atoms with Gasteiger partial charge in [-0.25, -0.2) is 0 Å². The lowest BCUT2D eigenvalue weighted by atomic mass is 10.1. The molecule has 4 heteroatoms. The highest BCUT2D eigenvalue weighted by atomic mass is 16.5. The Bertz CT molecular complexity index is 1190. The van der Waals surface area contributed by atoms with E-state index in [1.807, 2.05) is 55.5 Å². The summed E-state index contributed by atoms with van der Waals surface area (Å²) in [5.41, 5.74) is 5.62. The van der Waals surface area contributed by atoms with E-state index >= 15 is 0 Å². The molecule has 1 aliphatic rings. The number of ketones is 1. The van der Waals surface area contributed by atoms with Crippen LogP contribution in [0.15, 0.2) is 73.0 Å². The van der Waals surface area contributed by atoms with Crippen molar-refractivity contribution in [2.24, 2.45) is 0 Å². The van der Waals surface area contributed by atoms with Crippen molar-refractivity contribution in [3.63, 3.8) is 0 Å². The molecule has 0 spiro atoms. The second-order valence-electron chi connectivity index (χ2n) is 8.00.